The predicted molar refractivity (Wildman–Crippen MR) is 98.3 cm³/mol. The molecule has 8 nitrogen and oxygen atoms in total. The molecule has 1 aromatic carbocycles. The van der Waals surface area contributed by atoms with Gasteiger partial charge in [-0.05, 0) is 37.5 Å². The molecule has 0 radical (unpaired) electrons. The number of piperidine rings is 1. The van der Waals surface area contributed by atoms with E-state index in [1.807, 2.05) is 0 Å². The summed E-state index contributed by atoms with van der Waals surface area (Å²) in [6, 6.07) is 4.77. The van der Waals surface area contributed by atoms with E-state index in [-0.39, 0.29) is 18.0 Å². The molecule has 1 saturated heterocycles. The molecular weight excluding hydrogens is 370 g/mol. The Balaban J connectivity index is 1.53. The van der Waals surface area contributed by atoms with Gasteiger partial charge in [0.2, 0.25) is 5.91 Å². The highest BCUT2D eigenvalue weighted by molar-refractivity contribution is 5.90. The molecule has 0 spiro atoms. The number of carbonyl (C=O) groups is 1. The SMILES string of the molecule is O=C(Cn1nc2nc(N3CCCCC3)ccn2c1=O)Nc1ccc(F)c(F)c1. The number of hydrogen-bond donors (Lipinski definition) is 1. The van der Waals surface area contributed by atoms with Gasteiger partial charge >= 0.3 is 5.69 Å². The van der Waals surface area contributed by atoms with Crippen LogP contribution >= 0.6 is 0 Å². The third-order valence-electron chi connectivity index (χ3n) is 4.62. The Morgan fingerprint density at radius 2 is 1.89 bits per heavy atom. The number of nitrogens with zero attached hydrogens (tertiary/aromatic N) is 5. The van der Waals surface area contributed by atoms with Gasteiger partial charge in [-0.15, -0.1) is 5.10 Å². The van der Waals surface area contributed by atoms with Crippen molar-refractivity contribution >= 4 is 23.2 Å². The number of fused-ring (bicyclic) bond motifs is 1. The van der Waals surface area contributed by atoms with Crippen molar-refractivity contribution in [2.45, 2.75) is 25.8 Å². The number of amides is 1. The van der Waals surface area contributed by atoms with Gasteiger partial charge < -0.3 is 10.2 Å². The third kappa shape index (κ3) is 3.57. The molecule has 0 aliphatic carbocycles. The second-order valence-electron chi connectivity index (χ2n) is 6.62. The van der Waals surface area contributed by atoms with Crippen molar-refractivity contribution < 1.29 is 13.6 Å². The molecule has 146 valence electrons. The average Bonchev–Trinajstić information content (AvgIpc) is 3.00. The van der Waals surface area contributed by atoms with Gasteiger partial charge in [-0.2, -0.15) is 4.98 Å². The zero-order valence-corrected chi connectivity index (χ0v) is 14.9. The van der Waals surface area contributed by atoms with Crippen LogP contribution in [0.3, 0.4) is 0 Å². The first-order valence-electron chi connectivity index (χ1n) is 8.97. The molecule has 1 fully saturated rings. The number of anilines is 2. The summed E-state index contributed by atoms with van der Waals surface area (Å²) in [4.78, 5) is 31.1. The fourth-order valence-electron chi connectivity index (χ4n) is 3.21. The lowest BCUT2D eigenvalue weighted by Crippen LogP contribution is -2.30. The Hall–Kier alpha value is -3.30. The minimum atomic E-state index is -1.07. The molecule has 0 atom stereocenters. The fraction of sp³-hybridized carbons (Fsp3) is 0.333. The maximum atomic E-state index is 13.2. The van der Waals surface area contributed by atoms with Gasteiger partial charge in [-0.3, -0.25) is 4.79 Å². The number of aromatic nitrogens is 4. The average molecular weight is 388 g/mol. The number of carbonyl (C=O) groups excluding carboxylic acids is 1. The summed E-state index contributed by atoms with van der Waals surface area (Å²) in [6.45, 7) is 1.44. The van der Waals surface area contributed by atoms with Crippen molar-refractivity contribution in [3.05, 3.63) is 52.6 Å². The van der Waals surface area contributed by atoms with E-state index in [4.69, 9.17) is 0 Å². The molecular formula is C18H18F2N6O2. The van der Waals surface area contributed by atoms with E-state index in [1.54, 1.807) is 12.3 Å². The van der Waals surface area contributed by atoms with Crippen LogP contribution in [-0.4, -0.2) is 38.2 Å². The molecule has 1 aliphatic rings. The van der Waals surface area contributed by atoms with E-state index in [9.17, 15) is 18.4 Å². The summed E-state index contributed by atoms with van der Waals surface area (Å²) < 4.78 is 28.5. The van der Waals surface area contributed by atoms with Crippen molar-refractivity contribution in [1.82, 2.24) is 19.2 Å². The van der Waals surface area contributed by atoms with Gasteiger partial charge in [0, 0.05) is 31.0 Å². The molecule has 28 heavy (non-hydrogen) atoms. The maximum absolute atomic E-state index is 13.2. The van der Waals surface area contributed by atoms with Gasteiger partial charge in [0.1, 0.15) is 12.4 Å². The summed E-state index contributed by atoms with van der Waals surface area (Å²) in [5.74, 6) is -1.72. The lowest BCUT2D eigenvalue weighted by atomic mass is 10.1. The molecule has 0 bridgehead atoms. The Morgan fingerprint density at radius 3 is 2.64 bits per heavy atom. The Bertz CT molecular complexity index is 1090. The number of nitrogens with one attached hydrogen (secondary N) is 1. The van der Waals surface area contributed by atoms with Crippen LogP contribution in [0.1, 0.15) is 19.3 Å². The standard InChI is InChI=1S/C18H18F2N6O2/c19-13-5-4-12(10-14(13)20)21-16(27)11-26-18(28)25-9-6-15(22-17(25)23-26)24-7-2-1-3-8-24/h4-6,9-10H,1-3,7-8,11H2,(H,21,27). The highest BCUT2D eigenvalue weighted by Gasteiger charge is 2.16. The van der Waals surface area contributed by atoms with E-state index in [0.717, 1.165) is 48.6 Å². The Kier molecular flexibility index (Phi) is 4.76. The first-order valence-corrected chi connectivity index (χ1v) is 8.97. The first-order chi connectivity index (χ1) is 13.5. The zero-order chi connectivity index (χ0) is 19.7. The van der Waals surface area contributed by atoms with Crippen molar-refractivity contribution in [2.24, 2.45) is 0 Å². The summed E-state index contributed by atoms with van der Waals surface area (Å²) in [7, 11) is 0. The van der Waals surface area contributed by atoms with Crippen molar-refractivity contribution in [1.29, 1.82) is 0 Å². The molecule has 1 aliphatic heterocycles. The van der Waals surface area contributed by atoms with Crippen molar-refractivity contribution in [2.75, 3.05) is 23.3 Å². The quantitative estimate of drug-likeness (QED) is 0.737. The van der Waals surface area contributed by atoms with Crippen LogP contribution in [-0.2, 0) is 11.3 Å². The third-order valence-corrected chi connectivity index (χ3v) is 4.62. The normalized spacial score (nSPS) is 14.4. The van der Waals surface area contributed by atoms with Gasteiger partial charge in [-0.25, -0.2) is 22.7 Å². The second-order valence-corrected chi connectivity index (χ2v) is 6.62. The van der Waals surface area contributed by atoms with Crippen molar-refractivity contribution in [3.63, 3.8) is 0 Å². The van der Waals surface area contributed by atoms with Crippen LogP contribution in [0.25, 0.3) is 5.78 Å². The summed E-state index contributed by atoms with van der Waals surface area (Å²) in [5.41, 5.74) is -0.417. The number of hydrogen-bond acceptors (Lipinski definition) is 5. The summed E-state index contributed by atoms with van der Waals surface area (Å²) >= 11 is 0. The molecule has 3 aromatic rings. The molecule has 1 amide bonds. The number of halogens is 2. The lowest BCUT2D eigenvalue weighted by molar-refractivity contribution is -0.117. The van der Waals surface area contributed by atoms with Gasteiger partial charge in [-0.1, -0.05) is 0 Å². The second kappa shape index (κ2) is 7.37. The molecule has 4 rings (SSSR count). The summed E-state index contributed by atoms with van der Waals surface area (Å²) in [5, 5.41) is 6.53. The Labute approximate surface area is 158 Å². The zero-order valence-electron chi connectivity index (χ0n) is 14.9. The molecule has 1 N–H and O–H groups in total. The molecule has 2 aromatic heterocycles. The molecule has 0 unspecified atom stereocenters. The van der Waals surface area contributed by atoms with Crippen molar-refractivity contribution in [3.8, 4) is 0 Å². The molecule has 0 saturated carbocycles. The smallest absolute Gasteiger partial charge is 0.352 e. The number of benzene rings is 1. The van der Waals surface area contributed by atoms with E-state index in [1.165, 1.54) is 16.9 Å². The van der Waals surface area contributed by atoms with E-state index >= 15 is 0 Å². The van der Waals surface area contributed by atoms with Crippen LogP contribution in [0.4, 0.5) is 20.3 Å². The minimum absolute atomic E-state index is 0.0891. The van der Waals surface area contributed by atoms with E-state index < -0.39 is 23.2 Å². The largest absolute Gasteiger partial charge is 0.356 e. The molecule has 3 heterocycles. The number of rotatable bonds is 4. The molecule has 10 heteroatoms. The summed E-state index contributed by atoms with van der Waals surface area (Å²) in [6.07, 6.45) is 4.97. The maximum Gasteiger partial charge on any atom is 0.352 e. The van der Waals surface area contributed by atoms with E-state index in [2.05, 4.69) is 20.3 Å². The van der Waals surface area contributed by atoms with Crippen LogP contribution < -0.4 is 15.9 Å². The van der Waals surface area contributed by atoms with Gasteiger partial charge in [0.05, 0.1) is 0 Å². The van der Waals surface area contributed by atoms with E-state index in [0.29, 0.717) is 0 Å². The monoisotopic (exact) mass is 388 g/mol. The topological polar surface area (TPSA) is 84.5 Å². The van der Waals surface area contributed by atoms with Crippen LogP contribution in [0, 0.1) is 11.6 Å². The fourth-order valence-corrected chi connectivity index (χ4v) is 3.21. The highest BCUT2D eigenvalue weighted by atomic mass is 19.2. The predicted octanol–water partition coefficient (Wildman–Crippen LogP) is 1.80. The van der Waals surface area contributed by atoms with Crippen LogP contribution in [0.2, 0.25) is 0 Å². The minimum Gasteiger partial charge on any atom is -0.356 e. The highest BCUT2D eigenvalue weighted by Crippen LogP contribution is 2.17. The first kappa shape index (κ1) is 18.1. The Morgan fingerprint density at radius 1 is 1.11 bits per heavy atom. The lowest BCUT2D eigenvalue weighted by Gasteiger charge is -2.27. The van der Waals surface area contributed by atoms with Crippen LogP contribution in [0.15, 0.2) is 35.3 Å². The van der Waals surface area contributed by atoms with Crippen LogP contribution in [0.5, 0.6) is 0 Å². The van der Waals surface area contributed by atoms with Gasteiger partial charge in [0.15, 0.2) is 11.6 Å². The van der Waals surface area contributed by atoms with Gasteiger partial charge in [0.25, 0.3) is 5.78 Å².